The highest BCUT2D eigenvalue weighted by molar-refractivity contribution is 6.32. The number of piperidine rings is 1. The third kappa shape index (κ3) is 7.62. The number of ether oxygens (including phenoxy) is 3. The highest BCUT2D eigenvalue weighted by Gasteiger charge is 2.23. The van der Waals surface area contributed by atoms with Crippen molar-refractivity contribution in [3.8, 4) is 11.5 Å². The first kappa shape index (κ1) is 26.3. The summed E-state index contributed by atoms with van der Waals surface area (Å²) in [6.07, 6.45) is 0.825. The summed E-state index contributed by atoms with van der Waals surface area (Å²) >= 11 is 6.18. The quantitative estimate of drug-likeness (QED) is 0.420. The summed E-state index contributed by atoms with van der Waals surface area (Å²) in [5.74, 6) is 0.978. The molecule has 0 bridgehead atoms. The first-order valence-corrected chi connectivity index (χ1v) is 12.0. The van der Waals surface area contributed by atoms with E-state index in [9.17, 15) is 14.4 Å². The molecule has 1 saturated heterocycles. The number of amides is 2. The summed E-state index contributed by atoms with van der Waals surface area (Å²) in [6, 6.07) is 9.94. The zero-order valence-electron chi connectivity index (χ0n) is 20.3. The zero-order valence-corrected chi connectivity index (χ0v) is 21.0. The van der Waals surface area contributed by atoms with Crippen LogP contribution in [0.2, 0.25) is 5.02 Å². The smallest absolute Gasteiger partial charge is 0.484 e. The van der Waals surface area contributed by atoms with E-state index in [1.165, 1.54) is 0 Å². The summed E-state index contributed by atoms with van der Waals surface area (Å²) in [4.78, 5) is 38.2. The van der Waals surface area contributed by atoms with Crippen LogP contribution in [-0.4, -0.2) is 55.7 Å². The Bertz CT molecular complexity index is 1030. The Kier molecular flexibility index (Phi) is 9.37. The van der Waals surface area contributed by atoms with E-state index in [1.807, 2.05) is 26.0 Å². The number of carbonyl (C=O) groups excluding carboxylic acids is 3. The molecule has 9 heteroatoms. The summed E-state index contributed by atoms with van der Waals surface area (Å²) < 4.78 is 15.4. The lowest BCUT2D eigenvalue weighted by Crippen LogP contribution is -2.43. The normalized spacial score (nSPS) is 13.8. The Labute approximate surface area is 210 Å². The third-order valence-electron chi connectivity index (χ3n) is 5.87. The predicted octanol–water partition coefficient (Wildman–Crippen LogP) is 4.54. The van der Waals surface area contributed by atoms with Gasteiger partial charge in [0, 0.05) is 30.2 Å². The maximum atomic E-state index is 12.6. The van der Waals surface area contributed by atoms with Crippen LogP contribution in [0.3, 0.4) is 0 Å². The van der Waals surface area contributed by atoms with Gasteiger partial charge in [0.05, 0.1) is 6.61 Å². The molecule has 1 N–H and O–H groups in total. The second-order valence-electron chi connectivity index (χ2n) is 8.50. The molecular formula is C26H31ClN2O6. The highest BCUT2D eigenvalue weighted by Crippen LogP contribution is 2.26. The van der Waals surface area contributed by atoms with Gasteiger partial charge in [0.15, 0.2) is 6.61 Å². The first-order valence-electron chi connectivity index (χ1n) is 11.7. The Hall–Kier alpha value is -3.26. The largest absolute Gasteiger partial charge is 0.513 e. The molecular weight excluding hydrogens is 472 g/mol. The van der Waals surface area contributed by atoms with Gasteiger partial charge in [-0.05, 0) is 87.1 Å². The van der Waals surface area contributed by atoms with Gasteiger partial charge in [0.2, 0.25) is 0 Å². The van der Waals surface area contributed by atoms with Gasteiger partial charge in [0.1, 0.15) is 11.5 Å². The van der Waals surface area contributed by atoms with Crippen molar-refractivity contribution in [2.75, 3.05) is 32.8 Å². The molecule has 2 aromatic carbocycles. The Balaban J connectivity index is 1.38. The minimum absolute atomic E-state index is 0.0161. The number of hydrogen-bond acceptors (Lipinski definition) is 6. The molecule has 35 heavy (non-hydrogen) atoms. The van der Waals surface area contributed by atoms with E-state index in [-0.39, 0.29) is 30.9 Å². The van der Waals surface area contributed by atoms with Crippen molar-refractivity contribution in [2.45, 2.75) is 33.6 Å². The molecule has 0 aromatic heterocycles. The second-order valence-corrected chi connectivity index (χ2v) is 8.88. The van der Waals surface area contributed by atoms with Crippen LogP contribution in [0.5, 0.6) is 11.5 Å². The van der Waals surface area contributed by atoms with Crippen LogP contribution < -0.4 is 14.8 Å². The van der Waals surface area contributed by atoms with Crippen molar-refractivity contribution in [1.82, 2.24) is 10.2 Å². The fourth-order valence-electron chi connectivity index (χ4n) is 3.87. The molecule has 188 valence electrons. The highest BCUT2D eigenvalue weighted by atomic mass is 35.5. The van der Waals surface area contributed by atoms with Gasteiger partial charge in [0.25, 0.3) is 11.8 Å². The Morgan fingerprint density at radius 2 is 1.66 bits per heavy atom. The van der Waals surface area contributed by atoms with E-state index in [2.05, 4.69) is 5.32 Å². The van der Waals surface area contributed by atoms with Crippen molar-refractivity contribution in [2.24, 2.45) is 5.92 Å². The maximum Gasteiger partial charge on any atom is 0.513 e. The van der Waals surface area contributed by atoms with Gasteiger partial charge >= 0.3 is 6.16 Å². The number of benzene rings is 2. The van der Waals surface area contributed by atoms with Crippen LogP contribution in [0.25, 0.3) is 0 Å². The van der Waals surface area contributed by atoms with Gasteiger partial charge in [-0.25, -0.2) is 4.79 Å². The number of hydrogen-bond donors (Lipinski definition) is 1. The van der Waals surface area contributed by atoms with E-state index in [4.69, 9.17) is 25.8 Å². The van der Waals surface area contributed by atoms with Crippen molar-refractivity contribution >= 4 is 29.6 Å². The lowest BCUT2D eigenvalue weighted by Gasteiger charge is -2.32. The average Bonchev–Trinajstić information content (AvgIpc) is 2.85. The van der Waals surface area contributed by atoms with Gasteiger partial charge in [-0.15, -0.1) is 0 Å². The number of nitrogens with zero attached hydrogens (tertiary/aromatic N) is 1. The molecule has 1 fully saturated rings. The van der Waals surface area contributed by atoms with Gasteiger partial charge in [-0.3, -0.25) is 9.59 Å². The maximum absolute atomic E-state index is 12.6. The molecule has 0 saturated carbocycles. The second kappa shape index (κ2) is 12.4. The molecule has 0 aliphatic carbocycles. The van der Waals surface area contributed by atoms with E-state index in [1.54, 1.807) is 36.1 Å². The minimum atomic E-state index is -0.781. The number of likely N-dealkylation sites (tertiary alicyclic amines) is 1. The number of rotatable bonds is 8. The standard InChI is InChI=1S/C26H31ClN2O6/c1-4-33-26(32)35-21-7-5-20(6-8-21)25(31)28-15-19-9-11-29(12-10-19)23(30)16-34-22-13-17(2)24(27)18(3)14-22/h5-8,13-14,19H,4,9-12,15-16H2,1-3H3,(H,28,31). The van der Waals surface area contributed by atoms with Crippen LogP contribution in [0, 0.1) is 19.8 Å². The Morgan fingerprint density at radius 3 is 2.26 bits per heavy atom. The van der Waals surface area contributed by atoms with Gasteiger partial charge in [-0.2, -0.15) is 0 Å². The van der Waals surface area contributed by atoms with Gasteiger partial charge < -0.3 is 24.4 Å². The number of aryl methyl sites for hydroxylation is 2. The lowest BCUT2D eigenvalue weighted by atomic mass is 9.96. The molecule has 8 nitrogen and oxygen atoms in total. The Morgan fingerprint density at radius 1 is 1.03 bits per heavy atom. The summed E-state index contributed by atoms with van der Waals surface area (Å²) in [7, 11) is 0. The molecule has 1 aliphatic rings. The molecule has 0 atom stereocenters. The first-order chi connectivity index (χ1) is 16.8. The number of halogens is 1. The van der Waals surface area contributed by atoms with E-state index < -0.39 is 6.16 Å². The van der Waals surface area contributed by atoms with Gasteiger partial charge in [-0.1, -0.05) is 11.6 Å². The van der Waals surface area contributed by atoms with E-state index in [0.29, 0.717) is 41.7 Å². The van der Waals surface area contributed by atoms with Crippen LogP contribution in [0.4, 0.5) is 4.79 Å². The molecule has 0 unspecified atom stereocenters. The summed E-state index contributed by atoms with van der Waals surface area (Å²) in [5.41, 5.74) is 2.30. The number of nitrogens with one attached hydrogen (secondary N) is 1. The van der Waals surface area contributed by atoms with Crippen LogP contribution in [0.15, 0.2) is 36.4 Å². The molecule has 3 rings (SSSR count). The van der Waals surface area contributed by atoms with Crippen molar-refractivity contribution < 1.29 is 28.6 Å². The van der Waals surface area contributed by atoms with Crippen LogP contribution in [-0.2, 0) is 9.53 Å². The van der Waals surface area contributed by atoms with Crippen molar-refractivity contribution in [3.05, 3.63) is 58.1 Å². The van der Waals surface area contributed by atoms with E-state index >= 15 is 0 Å². The molecule has 0 radical (unpaired) electrons. The molecule has 1 heterocycles. The average molecular weight is 503 g/mol. The van der Waals surface area contributed by atoms with Crippen LogP contribution in [0.1, 0.15) is 41.3 Å². The molecule has 0 spiro atoms. The van der Waals surface area contributed by atoms with Crippen molar-refractivity contribution in [1.29, 1.82) is 0 Å². The fraction of sp³-hybridized carbons (Fsp3) is 0.423. The minimum Gasteiger partial charge on any atom is -0.484 e. The summed E-state index contributed by atoms with van der Waals surface area (Å²) in [5, 5.41) is 3.65. The summed E-state index contributed by atoms with van der Waals surface area (Å²) in [6.45, 7) is 7.49. The molecule has 2 amide bonds. The topological polar surface area (TPSA) is 94.2 Å². The third-order valence-corrected chi connectivity index (χ3v) is 6.47. The molecule has 1 aliphatic heterocycles. The zero-order chi connectivity index (χ0) is 25.4. The fourth-order valence-corrected chi connectivity index (χ4v) is 3.98. The monoisotopic (exact) mass is 502 g/mol. The lowest BCUT2D eigenvalue weighted by molar-refractivity contribution is -0.134. The molecule has 2 aromatic rings. The predicted molar refractivity (Wildman–Crippen MR) is 132 cm³/mol. The SMILES string of the molecule is CCOC(=O)Oc1ccc(C(=O)NCC2CCN(C(=O)COc3cc(C)c(Cl)c(C)c3)CC2)cc1. The number of carbonyl (C=O) groups is 3. The van der Waals surface area contributed by atoms with Crippen LogP contribution >= 0.6 is 11.6 Å². The van der Waals surface area contributed by atoms with Crippen molar-refractivity contribution in [3.63, 3.8) is 0 Å². The van der Waals surface area contributed by atoms with E-state index in [0.717, 1.165) is 24.0 Å².